The molecule has 0 spiro atoms. The number of fused-ring (bicyclic) bond motifs is 3. The molecular formula is C51H57N9O6S2. The Morgan fingerprint density at radius 1 is 0.897 bits per heavy atom. The van der Waals surface area contributed by atoms with Gasteiger partial charge in [-0.25, -0.2) is 4.98 Å². The summed E-state index contributed by atoms with van der Waals surface area (Å²) in [5.74, 6) is -0.180. The van der Waals surface area contributed by atoms with Crippen LogP contribution in [0.4, 0.5) is 0 Å². The van der Waals surface area contributed by atoms with E-state index in [1.54, 1.807) is 28.9 Å². The number of aromatic nitrogens is 5. The number of methoxy groups -OCH3 is 1. The van der Waals surface area contributed by atoms with Crippen LogP contribution in [0.1, 0.15) is 109 Å². The maximum absolute atomic E-state index is 14.3. The largest absolute Gasteiger partial charge is 0.469 e. The van der Waals surface area contributed by atoms with Crippen molar-refractivity contribution >= 4 is 52.1 Å². The molecule has 3 N–H and O–H groups in total. The van der Waals surface area contributed by atoms with Crippen LogP contribution in [-0.4, -0.2) is 96.0 Å². The number of nitrogens with zero attached hydrogens (tertiary/aromatic N) is 7. The maximum atomic E-state index is 14.3. The minimum absolute atomic E-state index is 0.0128. The average molecular weight is 956 g/mol. The normalized spacial score (nSPS) is 17.6. The number of thiophene rings is 1. The number of aryl methyl sites for hydroxylation is 4. The SMILES string of the molecule is COC(=O)C[C@@H]1N=C(c2ccc(-c3ccc(CCC(=O)NC(C(=O)N4C[C@H](O)C[C@H]4C(=O)N[C@@H](C)c4ccc(-c5scnc5C)cc4)C(C)(C)C)nc3)cc2)c2c(sc(C)c2C)-n2c(C)nnc21. The number of rotatable bonds is 13. The highest BCUT2D eigenvalue weighted by molar-refractivity contribution is 7.15. The van der Waals surface area contributed by atoms with Crippen LogP contribution in [0, 0.1) is 33.1 Å². The molecule has 0 radical (unpaired) electrons. The number of aliphatic hydroxyl groups is 1. The third-order valence-corrected chi connectivity index (χ3v) is 15.0. The van der Waals surface area contributed by atoms with Gasteiger partial charge < -0.3 is 25.4 Å². The van der Waals surface area contributed by atoms with Crippen molar-refractivity contribution in [1.29, 1.82) is 0 Å². The van der Waals surface area contributed by atoms with Crippen molar-refractivity contribution in [2.45, 2.75) is 111 Å². The molecule has 1 unspecified atom stereocenters. The summed E-state index contributed by atoms with van der Waals surface area (Å²) < 4.78 is 7.04. The van der Waals surface area contributed by atoms with E-state index in [0.717, 1.165) is 65.1 Å². The molecule has 2 aromatic carbocycles. The van der Waals surface area contributed by atoms with Crippen molar-refractivity contribution in [3.8, 4) is 26.6 Å². The first-order chi connectivity index (χ1) is 32.4. The third-order valence-electron chi connectivity index (χ3n) is 12.8. The van der Waals surface area contributed by atoms with Crippen LogP contribution in [0.15, 0.2) is 77.4 Å². The highest BCUT2D eigenvalue weighted by atomic mass is 32.1. The number of ether oxygens (including phenoxy) is 1. The van der Waals surface area contributed by atoms with E-state index in [1.165, 1.54) is 12.0 Å². The number of carbonyl (C=O) groups is 4. The maximum Gasteiger partial charge on any atom is 0.308 e. The summed E-state index contributed by atoms with van der Waals surface area (Å²) >= 11 is 3.22. The standard InChI is InChI=1S/C51H57N9O6S2/c1-27-30(4)68-50-43(27)44(55-39(23-42(63)66-9)47-58-57-31(5)60(47)50)34-14-12-33(13-15-34)36-18-19-37(52-24-36)20-21-41(62)56-46(51(6,7)8)49(65)59-25-38(61)22-40(59)48(64)54-28(2)32-10-16-35(17-11-32)45-29(3)53-26-67-45/h10-19,24,26,28,38-40,46,61H,20-23,25H2,1-9H3,(H,54,64)(H,56,62)/t28-,38+,39-,40-,46?/m0/s1. The smallest absolute Gasteiger partial charge is 0.308 e. The minimum Gasteiger partial charge on any atom is -0.469 e. The van der Waals surface area contributed by atoms with Crippen molar-refractivity contribution in [2.24, 2.45) is 10.4 Å². The number of aliphatic hydroxyl groups excluding tert-OH is 1. The molecule has 68 heavy (non-hydrogen) atoms. The van der Waals surface area contributed by atoms with Crippen molar-refractivity contribution in [3.05, 3.63) is 123 Å². The van der Waals surface area contributed by atoms with E-state index in [2.05, 4.69) is 44.6 Å². The van der Waals surface area contributed by atoms with Gasteiger partial charge in [0.05, 0.1) is 47.5 Å². The Morgan fingerprint density at radius 3 is 2.24 bits per heavy atom. The molecule has 4 aromatic heterocycles. The molecule has 0 aliphatic carbocycles. The van der Waals surface area contributed by atoms with Gasteiger partial charge in [0.15, 0.2) is 5.82 Å². The Hall–Kier alpha value is -6.43. The van der Waals surface area contributed by atoms with Gasteiger partial charge in [-0.05, 0) is 74.8 Å². The fraction of sp³-hybridized carbons (Fsp3) is 0.392. The fourth-order valence-electron chi connectivity index (χ4n) is 8.82. The lowest BCUT2D eigenvalue weighted by Crippen LogP contribution is -2.57. The Bertz CT molecular complexity index is 2880. The number of hydrogen-bond acceptors (Lipinski definition) is 13. The summed E-state index contributed by atoms with van der Waals surface area (Å²) in [6.07, 6.45) is 1.45. The Morgan fingerprint density at radius 2 is 1.59 bits per heavy atom. The Labute approximate surface area is 404 Å². The number of amides is 3. The monoisotopic (exact) mass is 955 g/mol. The van der Waals surface area contributed by atoms with E-state index in [-0.39, 0.29) is 49.6 Å². The number of aliphatic imine (C=N–C) groups is 1. The van der Waals surface area contributed by atoms with Crippen LogP contribution in [0.3, 0.4) is 0 Å². The van der Waals surface area contributed by atoms with Gasteiger partial charge >= 0.3 is 5.97 Å². The number of hydrogen-bond donors (Lipinski definition) is 3. The first-order valence-electron chi connectivity index (χ1n) is 22.7. The topological polar surface area (TPSA) is 194 Å². The number of likely N-dealkylation sites (tertiary alicyclic amines) is 1. The third kappa shape index (κ3) is 9.91. The molecule has 1 saturated heterocycles. The number of pyridine rings is 1. The van der Waals surface area contributed by atoms with Gasteiger partial charge in [-0.15, -0.1) is 32.9 Å². The van der Waals surface area contributed by atoms with Gasteiger partial charge in [-0.2, -0.15) is 0 Å². The second-order valence-electron chi connectivity index (χ2n) is 18.7. The van der Waals surface area contributed by atoms with Crippen molar-refractivity contribution in [3.63, 3.8) is 0 Å². The van der Waals surface area contributed by atoms with Gasteiger partial charge in [0.2, 0.25) is 17.7 Å². The van der Waals surface area contributed by atoms with Gasteiger partial charge in [0.1, 0.15) is 29.0 Å². The molecule has 0 bridgehead atoms. The average Bonchev–Trinajstić information content (AvgIpc) is 4.09. The first kappa shape index (κ1) is 48.0. The van der Waals surface area contributed by atoms with Crippen LogP contribution in [-0.2, 0) is 30.3 Å². The van der Waals surface area contributed by atoms with E-state index in [9.17, 15) is 24.3 Å². The Balaban J connectivity index is 0.905. The molecule has 3 amide bonds. The minimum atomic E-state index is -0.945. The van der Waals surface area contributed by atoms with Crippen molar-refractivity contribution < 1.29 is 29.0 Å². The zero-order valence-corrected chi connectivity index (χ0v) is 41.4. The quantitative estimate of drug-likeness (QED) is 0.0976. The summed E-state index contributed by atoms with van der Waals surface area (Å²) in [6, 6.07) is 17.1. The summed E-state index contributed by atoms with van der Waals surface area (Å²) in [5.41, 5.74) is 10.3. The molecule has 2 aliphatic rings. The van der Waals surface area contributed by atoms with E-state index in [4.69, 9.17) is 9.73 Å². The van der Waals surface area contributed by atoms with Gasteiger partial charge in [-0.1, -0.05) is 75.4 Å². The number of nitrogens with one attached hydrogen (secondary N) is 2. The van der Waals surface area contributed by atoms with E-state index < -0.39 is 35.6 Å². The fourth-order valence-corrected chi connectivity index (χ4v) is 10.8. The molecule has 354 valence electrons. The van der Waals surface area contributed by atoms with Crippen molar-refractivity contribution in [1.82, 2.24) is 40.3 Å². The first-order valence-corrected chi connectivity index (χ1v) is 24.4. The lowest BCUT2D eigenvalue weighted by molar-refractivity contribution is -0.144. The molecule has 1 fully saturated rings. The van der Waals surface area contributed by atoms with Crippen LogP contribution in [0.25, 0.3) is 26.6 Å². The molecule has 2 aliphatic heterocycles. The molecule has 5 atom stereocenters. The molecule has 8 rings (SSSR count). The van der Waals surface area contributed by atoms with Crippen LogP contribution >= 0.6 is 22.7 Å². The number of thiazole rings is 1. The lowest BCUT2D eigenvalue weighted by Gasteiger charge is -2.35. The highest BCUT2D eigenvalue weighted by Crippen LogP contribution is 2.40. The summed E-state index contributed by atoms with van der Waals surface area (Å²) in [6.45, 7) is 15.5. The zero-order valence-electron chi connectivity index (χ0n) is 39.8. The summed E-state index contributed by atoms with van der Waals surface area (Å²) in [4.78, 5) is 71.9. The summed E-state index contributed by atoms with van der Waals surface area (Å²) in [7, 11) is 1.37. The number of esters is 1. The molecule has 6 heterocycles. The molecule has 6 aromatic rings. The summed E-state index contributed by atoms with van der Waals surface area (Å²) in [5, 5.41) is 26.5. The van der Waals surface area contributed by atoms with E-state index in [1.807, 2.05) is 112 Å². The van der Waals surface area contributed by atoms with Crippen molar-refractivity contribution in [2.75, 3.05) is 13.7 Å². The predicted octanol–water partition coefficient (Wildman–Crippen LogP) is 7.51. The van der Waals surface area contributed by atoms with E-state index in [0.29, 0.717) is 23.8 Å². The second kappa shape index (κ2) is 19.7. The number of carbonyl (C=O) groups excluding carboxylic acids is 4. The molecular weight excluding hydrogens is 899 g/mol. The molecule has 17 heteroatoms. The highest BCUT2D eigenvalue weighted by Gasteiger charge is 2.45. The van der Waals surface area contributed by atoms with Crippen LogP contribution < -0.4 is 10.6 Å². The van der Waals surface area contributed by atoms with Crippen LogP contribution in [0.5, 0.6) is 0 Å². The molecule has 0 saturated carbocycles. The van der Waals surface area contributed by atoms with Crippen LogP contribution in [0.2, 0.25) is 0 Å². The van der Waals surface area contributed by atoms with E-state index >= 15 is 0 Å². The van der Waals surface area contributed by atoms with Gasteiger partial charge in [0.25, 0.3) is 0 Å². The van der Waals surface area contributed by atoms with Gasteiger partial charge in [-0.3, -0.25) is 33.7 Å². The van der Waals surface area contributed by atoms with Gasteiger partial charge in [0, 0.05) is 52.8 Å². The second-order valence-corrected chi connectivity index (χ2v) is 20.7. The predicted molar refractivity (Wildman–Crippen MR) is 263 cm³/mol. The molecule has 15 nitrogen and oxygen atoms in total. The zero-order chi connectivity index (χ0) is 48.6. The lowest BCUT2D eigenvalue weighted by atomic mass is 9.85. The number of benzene rings is 2. The number of β-amino-alcohol motifs (C(OH)–C–C–N with tert-alkyl or cyclic N) is 1. The Kier molecular flexibility index (Phi) is 13.9.